The summed E-state index contributed by atoms with van der Waals surface area (Å²) >= 11 is 0. The number of rotatable bonds is 2. The lowest BCUT2D eigenvalue weighted by molar-refractivity contribution is 0.220. The lowest BCUT2D eigenvalue weighted by atomic mass is 10.2. The first kappa shape index (κ1) is 9.78. The predicted molar refractivity (Wildman–Crippen MR) is 61.6 cm³/mol. The average molecular weight is 199 g/mol. The maximum atomic E-state index is 9.82. The minimum atomic E-state index is -0.639. The van der Waals surface area contributed by atoms with Crippen molar-refractivity contribution in [3.8, 4) is 0 Å². The Morgan fingerprint density at radius 2 is 2.20 bits per heavy atom. The van der Waals surface area contributed by atoms with Gasteiger partial charge < -0.3 is 9.67 Å². The van der Waals surface area contributed by atoms with Crippen LogP contribution < -0.4 is 0 Å². The topological polar surface area (TPSA) is 25.2 Å². The van der Waals surface area contributed by atoms with Gasteiger partial charge in [0, 0.05) is 12.6 Å². The summed E-state index contributed by atoms with van der Waals surface area (Å²) in [5.74, 6) is 0. The number of aryl methyl sites for hydroxylation is 1. The highest BCUT2D eigenvalue weighted by Gasteiger charge is 2.10. The molecular weight excluding hydrogens is 186 g/mol. The fourth-order valence-corrected chi connectivity index (χ4v) is 1.79. The van der Waals surface area contributed by atoms with Gasteiger partial charge in [-0.15, -0.1) is 5.73 Å². The van der Waals surface area contributed by atoms with Gasteiger partial charge >= 0.3 is 0 Å². The highest BCUT2D eigenvalue weighted by Crippen LogP contribution is 2.23. The van der Waals surface area contributed by atoms with Crippen LogP contribution in [0.25, 0.3) is 10.9 Å². The molecule has 15 heavy (non-hydrogen) atoms. The largest absolute Gasteiger partial charge is 0.382 e. The summed E-state index contributed by atoms with van der Waals surface area (Å²) in [7, 11) is 1.94. The third-order valence-electron chi connectivity index (χ3n) is 2.57. The molecule has 1 aromatic heterocycles. The number of hydrogen-bond acceptors (Lipinski definition) is 1. The summed E-state index contributed by atoms with van der Waals surface area (Å²) in [6.07, 6.45) is 0.911. The first-order valence-electron chi connectivity index (χ1n) is 4.82. The van der Waals surface area contributed by atoms with Crippen LogP contribution in [0.5, 0.6) is 0 Å². The van der Waals surface area contributed by atoms with Crippen LogP contribution >= 0.6 is 0 Å². The first-order valence-corrected chi connectivity index (χ1v) is 4.82. The molecule has 1 unspecified atom stereocenters. The van der Waals surface area contributed by atoms with E-state index in [-0.39, 0.29) is 0 Å². The van der Waals surface area contributed by atoms with E-state index < -0.39 is 6.10 Å². The van der Waals surface area contributed by atoms with E-state index in [1.165, 1.54) is 0 Å². The third-order valence-corrected chi connectivity index (χ3v) is 2.57. The van der Waals surface area contributed by atoms with Crippen molar-refractivity contribution in [3.05, 3.63) is 54.4 Å². The van der Waals surface area contributed by atoms with E-state index in [9.17, 15) is 5.11 Å². The molecule has 2 rings (SSSR count). The summed E-state index contributed by atoms with van der Waals surface area (Å²) in [5, 5.41) is 11.0. The highest BCUT2D eigenvalue weighted by molar-refractivity contribution is 5.81. The Kier molecular flexibility index (Phi) is 2.46. The Labute approximate surface area is 88.8 Å². The molecule has 1 N–H and O–H groups in total. The van der Waals surface area contributed by atoms with Gasteiger partial charge in [-0.05, 0) is 23.6 Å². The van der Waals surface area contributed by atoms with Crippen molar-refractivity contribution in [2.45, 2.75) is 6.10 Å². The van der Waals surface area contributed by atoms with Crippen molar-refractivity contribution < 1.29 is 5.11 Å². The van der Waals surface area contributed by atoms with Crippen molar-refractivity contribution in [2.24, 2.45) is 7.05 Å². The van der Waals surface area contributed by atoms with Gasteiger partial charge in [-0.1, -0.05) is 24.8 Å². The van der Waals surface area contributed by atoms with E-state index in [1.54, 1.807) is 6.08 Å². The van der Waals surface area contributed by atoms with Gasteiger partial charge in [-0.3, -0.25) is 0 Å². The van der Waals surface area contributed by atoms with Crippen molar-refractivity contribution in [3.63, 3.8) is 0 Å². The van der Waals surface area contributed by atoms with E-state index in [1.807, 2.05) is 41.9 Å². The average Bonchev–Trinajstić information content (AvgIpc) is 2.57. The number of aliphatic hydroxyl groups is 1. The first-order chi connectivity index (χ1) is 7.24. The second-order valence-corrected chi connectivity index (χ2v) is 3.50. The Morgan fingerprint density at radius 1 is 1.47 bits per heavy atom. The van der Waals surface area contributed by atoms with Crippen LogP contribution in [0, 0.1) is 0 Å². The molecule has 0 saturated heterocycles. The lowest BCUT2D eigenvalue weighted by Gasteiger charge is -2.06. The third kappa shape index (κ3) is 1.61. The van der Waals surface area contributed by atoms with Crippen LogP contribution in [0.1, 0.15) is 11.8 Å². The molecule has 0 amide bonds. The molecular formula is C13H13NO. The quantitative estimate of drug-likeness (QED) is 0.739. The normalized spacial score (nSPS) is 12.4. The number of para-hydroxylation sites is 1. The van der Waals surface area contributed by atoms with Crippen molar-refractivity contribution in [2.75, 3.05) is 0 Å². The number of nitrogens with zero attached hydrogens (tertiary/aromatic N) is 1. The molecule has 0 aliphatic heterocycles. The van der Waals surface area contributed by atoms with Gasteiger partial charge in [0.1, 0.15) is 6.10 Å². The van der Waals surface area contributed by atoms with Gasteiger partial charge in [-0.2, -0.15) is 0 Å². The molecule has 0 fully saturated rings. The monoisotopic (exact) mass is 199 g/mol. The van der Waals surface area contributed by atoms with Gasteiger partial charge in [0.2, 0.25) is 0 Å². The van der Waals surface area contributed by atoms with Crippen LogP contribution in [0.2, 0.25) is 0 Å². The minimum Gasteiger partial charge on any atom is -0.382 e. The number of fused-ring (bicyclic) bond motifs is 1. The standard InChI is InChI=1S/C13H13NO/c1-3-6-13(15)12-9-10-7-4-5-8-11(10)14(12)2/h4-9,13,15H,1H2,2H3. The van der Waals surface area contributed by atoms with Crippen LogP contribution in [-0.2, 0) is 7.05 Å². The van der Waals surface area contributed by atoms with Gasteiger partial charge in [0.05, 0.1) is 5.69 Å². The minimum absolute atomic E-state index is 0.639. The van der Waals surface area contributed by atoms with E-state index in [4.69, 9.17) is 0 Å². The Morgan fingerprint density at radius 3 is 2.87 bits per heavy atom. The van der Waals surface area contributed by atoms with Gasteiger partial charge in [0.25, 0.3) is 0 Å². The molecule has 0 bridgehead atoms. The SMILES string of the molecule is C=C=CC(O)c1cc2ccccc2n1C. The van der Waals surface area contributed by atoms with Crippen LogP contribution in [-0.4, -0.2) is 9.67 Å². The summed E-state index contributed by atoms with van der Waals surface area (Å²) in [5.41, 5.74) is 4.57. The second-order valence-electron chi connectivity index (χ2n) is 3.50. The molecule has 0 aliphatic rings. The number of benzene rings is 1. The number of aliphatic hydroxyl groups excluding tert-OH is 1. The smallest absolute Gasteiger partial charge is 0.119 e. The second kappa shape index (κ2) is 3.77. The molecule has 2 nitrogen and oxygen atoms in total. The van der Waals surface area contributed by atoms with Crippen LogP contribution in [0.3, 0.4) is 0 Å². The molecule has 2 heteroatoms. The molecule has 0 spiro atoms. The van der Waals surface area contributed by atoms with Gasteiger partial charge in [0.15, 0.2) is 0 Å². The summed E-state index contributed by atoms with van der Waals surface area (Å²) in [4.78, 5) is 0. The van der Waals surface area contributed by atoms with E-state index in [0.29, 0.717) is 0 Å². The van der Waals surface area contributed by atoms with Crippen molar-refractivity contribution in [1.29, 1.82) is 0 Å². The maximum Gasteiger partial charge on any atom is 0.119 e. The fraction of sp³-hybridized carbons (Fsp3) is 0.154. The molecule has 0 aliphatic carbocycles. The van der Waals surface area contributed by atoms with Crippen LogP contribution in [0.15, 0.2) is 48.7 Å². The van der Waals surface area contributed by atoms with Crippen LogP contribution in [0.4, 0.5) is 0 Å². The molecule has 76 valence electrons. The molecule has 1 aromatic carbocycles. The maximum absolute atomic E-state index is 9.82. The van der Waals surface area contributed by atoms with Crippen molar-refractivity contribution >= 4 is 10.9 Å². The van der Waals surface area contributed by atoms with E-state index >= 15 is 0 Å². The van der Waals surface area contributed by atoms with Gasteiger partial charge in [-0.25, -0.2) is 0 Å². The highest BCUT2D eigenvalue weighted by atomic mass is 16.3. The lowest BCUT2D eigenvalue weighted by Crippen LogP contribution is -2.00. The molecule has 1 atom stereocenters. The number of hydrogen-bond donors (Lipinski definition) is 1. The van der Waals surface area contributed by atoms with E-state index in [2.05, 4.69) is 12.3 Å². The Balaban J connectivity index is 2.62. The summed E-state index contributed by atoms with van der Waals surface area (Å²) in [6, 6.07) is 10.0. The summed E-state index contributed by atoms with van der Waals surface area (Å²) in [6.45, 7) is 3.46. The molecule has 0 radical (unpaired) electrons. The summed E-state index contributed by atoms with van der Waals surface area (Å²) < 4.78 is 1.98. The fourth-order valence-electron chi connectivity index (χ4n) is 1.79. The zero-order valence-electron chi connectivity index (χ0n) is 8.64. The zero-order chi connectivity index (χ0) is 10.8. The van der Waals surface area contributed by atoms with Crippen molar-refractivity contribution in [1.82, 2.24) is 4.57 Å². The Hall–Kier alpha value is -1.76. The Bertz CT molecular complexity index is 532. The molecule has 2 aromatic rings. The zero-order valence-corrected chi connectivity index (χ0v) is 8.64. The number of aromatic nitrogens is 1. The predicted octanol–water partition coefficient (Wildman–Crippen LogP) is 2.55. The van der Waals surface area contributed by atoms with E-state index in [0.717, 1.165) is 16.6 Å². The molecule has 0 saturated carbocycles. The molecule has 1 heterocycles.